The Balaban J connectivity index is 0.958. The van der Waals surface area contributed by atoms with E-state index in [4.69, 9.17) is 0 Å². The molecule has 0 saturated carbocycles. The maximum atomic E-state index is 2.46. The minimum Gasteiger partial charge on any atom is -0.310 e. The molecule has 0 aliphatic carbocycles. The van der Waals surface area contributed by atoms with Gasteiger partial charge in [-0.25, -0.2) is 0 Å². The molecule has 0 aliphatic heterocycles. The summed E-state index contributed by atoms with van der Waals surface area (Å²) < 4.78 is 5.07. The van der Waals surface area contributed by atoms with Gasteiger partial charge in [-0.05, 0) is 111 Å². The molecule has 0 amide bonds. The number of rotatable bonds is 8. The van der Waals surface area contributed by atoms with Crippen molar-refractivity contribution in [2.24, 2.45) is 0 Å². The lowest BCUT2D eigenvalue weighted by Gasteiger charge is -2.26. The Bertz CT molecular complexity index is 3670. The number of thiophene rings is 1. The third-order valence-corrected chi connectivity index (χ3v) is 13.5. The highest BCUT2D eigenvalue weighted by Gasteiger charge is 2.22. The fourth-order valence-corrected chi connectivity index (χ4v) is 10.4. The van der Waals surface area contributed by atoms with Crippen LogP contribution in [-0.4, -0.2) is 4.57 Å². The molecule has 2 aromatic heterocycles. The highest BCUT2D eigenvalue weighted by Crippen LogP contribution is 2.44. The molecular formula is C60H40N2S. The van der Waals surface area contributed by atoms with Gasteiger partial charge in [-0.1, -0.05) is 176 Å². The minimum atomic E-state index is 1.11. The molecule has 2 nitrogen and oxygen atoms in total. The summed E-state index contributed by atoms with van der Waals surface area (Å²) in [7, 11) is 0. The first-order valence-corrected chi connectivity index (χ1v) is 22.3. The van der Waals surface area contributed by atoms with Crippen LogP contribution in [0.15, 0.2) is 231 Å². The molecule has 0 radical (unpaired) electrons. The van der Waals surface area contributed by atoms with Crippen LogP contribution in [0, 0.1) is 0 Å². The van der Waals surface area contributed by atoms with Crippen molar-refractivity contribution in [3.63, 3.8) is 0 Å². The van der Waals surface area contributed by atoms with E-state index in [0.717, 1.165) is 33.9 Å². The van der Waals surface area contributed by atoms with E-state index in [2.05, 4.69) is 252 Å². The van der Waals surface area contributed by atoms with Gasteiger partial charge in [-0.2, -0.15) is 0 Å². The Morgan fingerprint density at radius 3 is 1.71 bits per heavy atom. The van der Waals surface area contributed by atoms with Gasteiger partial charge in [0.15, 0.2) is 0 Å². The van der Waals surface area contributed by atoms with E-state index in [-0.39, 0.29) is 0 Å². The number of fused-ring (bicyclic) bond motifs is 6. The molecule has 12 aromatic rings. The molecule has 12 rings (SSSR count). The van der Waals surface area contributed by atoms with E-state index in [1.807, 2.05) is 11.3 Å². The molecule has 2 heterocycles. The second-order valence-corrected chi connectivity index (χ2v) is 17.3. The van der Waals surface area contributed by atoms with Crippen LogP contribution >= 0.6 is 11.3 Å². The molecule has 0 spiro atoms. The molecule has 0 N–H and O–H groups in total. The number of benzene rings is 10. The van der Waals surface area contributed by atoms with Gasteiger partial charge in [0.2, 0.25) is 0 Å². The van der Waals surface area contributed by atoms with E-state index in [1.54, 1.807) is 0 Å². The van der Waals surface area contributed by atoms with Crippen LogP contribution in [0.2, 0.25) is 0 Å². The Kier molecular flexibility index (Phi) is 9.06. The standard InChI is InChI=1S/C60H40N2S/c1-3-15-45(16-4-1)59-54-35-27-42(37-56(54)62(60(59)46-17-5-2-6-18-46)51-33-29-44-14-8-10-20-48(44)39-51)24-23-41-25-30-49(31-26-41)61(50-32-28-43-13-7-9-19-47(43)38-50)52-34-36-58-55(40-52)53-21-11-12-22-57(53)63-58/h1-40H. The van der Waals surface area contributed by atoms with Gasteiger partial charge in [0.1, 0.15) is 0 Å². The van der Waals surface area contributed by atoms with Crippen molar-refractivity contribution in [2.75, 3.05) is 4.90 Å². The normalized spacial score (nSPS) is 11.7. The van der Waals surface area contributed by atoms with Gasteiger partial charge in [0, 0.05) is 53.9 Å². The molecular weight excluding hydrogens is 781 g/mol. The van der Waals surface area contributed by atoms with E-state index in [9.17, 15) is 0 Å². The average Bonchev–Trinajstić information content (AvgIpc) is 3.90. The molecule has 0 unspecified atom stereocenters. The number of hydrogen-bond donors (Lipinski definition) is 0. The van der Waals surface area contributed by atoms with Crippen molar-refractivity contribution in [1.82, 2.24) is 4.57 Å². The highest BCUT2D eigenvalue weighted by atomic mass is 32.1. The van der Waals surface area contributed by atoms with E-state index in [1.165, 1.54) is 75.0 Å². The highest BCUT2D eigenvalue weighted by molar-refractivity contribution is 7.25. The lowest BCUT2D eigenvalue weighted by Crippen LogP contribution is -2.09. The van der Waals surface area contributed by atoms with Crippen LogP contribution in [0.1, 0.15) is 11.1 Å². The second kappa shape index (κ2) is 15.5. The number of nitrogens with zero attached hydrogens (tertiary/aromatic N) is 2. The molecule has 296 valence electrons. The predicted molar refractivity (Wildman–Crippen MR) is 272 cm³/mol. The van der Waals surface area contributed by atoms with Crippen molar-refractivity contribution < 1.29 is 0 Å². The number of anilines is 3. The van der Waals surface area contributed by atoms with E-state index in [0.29, 0.717) is 0 Å². The Morgan fingerprint density at radius 2 is 0.937 bits per heavy atom. The zero-order valence-electron chi connectivity index (χ0n) is 34.4. The zero-order chi connectivity index (χ0) is 41.7. The first kappa shape index (κ1) is 36.8. The molecule has 10 aromatic carbocycles. The number of hydrogen-bond acceptors (Lipinski definition) is 2. The Morgan fingerprint density at radius 1 is 0.365 bits per heavy atom. The summed E-state index contributed by atoms with van der Waals surface area (Å²) >= 11 is 1.85. The summed E-state index contributed by atoms with van der Waals surface area (Å²) in [6.07, 6.45) is 4.47. The maximum absolute atomic E-state index is 2.46. The van der Waals surface area contributed by atoms with E-state index >= 15 is 0 Å². The van der Waals surface area contributed by atoms with Crippen LogP contribution in [-0.2, 0) is 0 Å². The van der Waals surface area contributed by atoms with Gasteiger partial charge >= 0.3 is 0 Å². The Hall–Kier alpha value is -7.98. The van der Waals surface area contributed by atoms with Crippen LogP contribution < -0.4 is 4.90 Å². The molecule has 0 atom stereocenters. The zero-order valence-corrected chi connectivity index (χ0v) is 35.2. The lowest BCUT2D eigenvalue weighted by molar-refractivity contribution is 1.14. The monoisotopic (exact) mass is 820 g/mol. The smallest absolute Gasteiger partial charge is 0.0619 e. The summed E-state index contributed by atoms with van der Waals surface area (Å²) in [5.41, 5.74) is 12.8. The summed E-state index contributed by atoms with van der Waals surface area (Å²) in [6, 6.07) is 83.9. The van der Waals surface area contributed by atoms with Crippen molar-refractivity contribution in [3.05, 3.63) is 242 Å². The molecule has 0 fully saturated rings. The second-order valence-electron chi connectivity index (χ2n) is 16.2. The summed E-state index contributed by atoms with van der Waals surface area (Å²) in [5, 5.41) is 8.71. The van der Waals surface area contributed by atoms with E-state index < -0.39 is 0 Å². The van der Waals surface area contributed by atoms with Crippen molar-refractivity contribution >= 4 is 93.2 Å². The fraction of sp³-hybridized carbons (Fsp3) is 0. The first-order valence-electron chi connectivity index (χ1n) is 21.5. The molecule has 0 saturated heterocycles. The quantitative estimate of drug-likeness (QED) is 0.139. The van der Waals surface area contributed by atoms with Crippen LogP contribution in [0.25, 0.3) is 92.8 Å². The van der Waals surface area contributed by atoms with Gasteiger partial charge in [0.05, 0.1) is 11.2 Å². The summed E-state index contributed by atoms with van der Waals surface area (Å²) in [6.45, 7) is 0. The van der Waals surface area contributed by atoms with Crippen molar-refractivity contribution in [1.29, 1.82) is 0 Å². The molecule has 0 aliphatic rings. The largest absolute Gasteiger partial charge is 0.310 e. The molecule has 63 heavy (non-hydrogen) atoms. The number of aromatic nitrogens is 1. The SMILES string of the molecule is C(=Cc1ccc2c(-c3ccccc3)c(-c3ccccc3)n(-c3ccc4ccccc4c3)c2c1)c1ccc(N(c2ccc3ccccc3c2)c2ccc3sc4ccccc4c3c2)cc1. The third kappa shape index (κ3) is 6.67. The van der Waals surface area contributed by atoms with Crippen molar-refractivity contribution in [2.45, 2.75) is 0 Å². The summed E-state index contributed by atoms with van der Waals surface area (Å²) in [5.74, 6) is 0. The predicted octanol–water partition coefficient (Wildman–Crippen LogP) is 17.3. The van der Waals surface area contributed by atoms with Gasteiger partial charge < -0.3 is 9.47 Å². The minimum absolute atomic E-state index is 1.11. The molecule has 0 bridgehead atoms. The molecule has 3 heteroatoms. The van der Waals surface area contributed by atoms with Crippen molar-refractivity contribution in [3.8, 4) is 28.1 Å². The average molecular weight is 821 g/mol. The Labute approximate surface area is 370 Å². The van der Waals surface area contributed by atoms with Gasteiger partial charge in [-0.15, -0.1) is 11.3 Å². The third-order valence-electron chi connectivity index (χ3n) is 12.3. The first-order chi connectivity index (χ1) is 31.2. The van der Waals surface area contributed by atoms with Crippen LogP contribution in [0.5, 0.6) is 0 Å². The van der Waals surface area contributed by atoms with Crippen LogP contribution in [0.3, 0.4) is 0 Å². The lowest BCUT2D eigenvalue weighted by atomic mass is 9.98. The fourth-order valence-electron chi connectivity index (χ4n) is 9.30. The summed E-state index contributed by atoms with van der Waals surface area (Å²) in [4.78, 5) is 2.38. The topological polar surface area (TPSA) is 8.17 Å². The van der Waals surface area contributed by atoms with Gasteiger partial charge in [0.25, 0.3) is 0 Å². The van der Waals surface area contributed by atoms with Gasteiger partial charge in [-0.3, -0.25) is 0 Å². The van der Waals surface area contributed by atoms with Crippen LogP contribution in [0.4, 0.5) is 17.1 Å². The maximum Gasteiger partial charge on any atom is 0.0619 e.